The number of hydrogen-bond acceptors (Lipinski definition) is 3. The van der Waals surface area contributed by atoms with Gasteiger partial charge in [0.2, 0.25) is 0 Å². The molecule has 1 unspecified atom stereocenters. The molecule has 0 saturated carbocycles. The highest BCUT2D eigenvalue weighted by atomic mass is 19.4. The van der Waals surface area contributed by atoms with Gasteiger partial charge in [0.05, 0.1) is 41.9 Å². The van der Waals surface area contributed by atoms with Gasteiger partial charge < -0.3 is 18.4 Å². The standard InChI is InChI=1S/C41H54BF9NO3/c1-5-9-10-11-12-13-14-15-16-17-18-19-37(52(6-2,7-3)8-4)36-30-33(41(49,50)51)24-29-38(36)55-42(53-34-25-20-31(21-26-34)39(43,44)45)54-35-27-22-32(23-28-35)40(46,47)48/h20-30,37H,5-19H2,1-4H3/q+1. The fourth-order valence-electron chi connectivity index (χ4n) is 6.99. The highest BCUT2D eigenvalue weighted by Gasteiger charge is 2.41. The smallest absolute Gasteiger partial charge is 0.490 e. The number of halogens is 9. The minimum Gasteiger partial charge on any atom is -0.490 e. The third-order valence-corrected chi connectivity index (χ3v) is 10.4. The van der Waals surface area contributed by atoms with Gasteiger partial charge in [-0.2, -0.15) is 39.5 Å². The lowest BCUT2D eigenvalue weighted by atomic mass is 9.92. The molecule has 4 nitrogen and oxygen atoms in total. The molecule has 0 aliphatic rings. The van der Waals surface area contributed by atoms with Crippen molar-refractivity contribution in [3.8, 4) is 17.2 Å². The molecule has 0 aliphatic carbocycles. The predicted octanol–water partition coefficient (Wildman–Crippen LogP) is 13.9. The van der Waals surface area contributed by atoms with Crippen LogP contribution in [0.25, 0.3) is 0 Å². The summed E-state index contributed by atoms with van der Waals surface area (Å²) >= 11 is 0. The Bertz CT molecular complexity index is 1470. The van der Waals surface area contributed by atoms with Gasteiger partial charge in [0, 0.05) is 6.42 Å². The Kier molecular flexibility index (Phi) is 17.6. The summed E-state index contributed by atoms with van der Waals surface area (Å²) in [6.45, 7) is 9.97. The van der Waals surface area contributed by atoms with Crippen molar-refractivity contribution in [1.29, 1.82) is 0 Å². The molecule has 0 bridgehead atoms. The fourth-order valence-corrected chi connectivity index (χ4v) is 6.99. The van der Waals surface area contributed by atoms with Gasteiger partial charge in [-0.15, -0.1) is 0 Å². The van der Waals surface area contributed by atoms with Gasteiger partial charge in [0.25, 0.3) is 0 Å². The van der Waals surface area contributed by atoms with Crippen molar-refractivity contribution in [2.45, 2.75) is 129 Å². The number of benzene rings is 3. The average Bonchev–Trinajstić information content (AvgIpc) is 3.13. The van der Waals surface area contributed by atoms with Crippen molar-refractivity contribution in [2.75, 3.05) is 19.6 Å². The lowest BCUT2D eigenvalue weighted by Gasteiger charge is -2.44. The van der Waals surface area contributed by atoms with Crippen LogP contribution in [0.15, 0.2) is 66.7 Å². The van der Waals surface area contributed by atoms with Crippen LogP contribution in [0.3, 0.4) is 0 Å². The summed E-state index contributed by atoms with van der Waals surface area (Å²) in [5, 5.41) is 0. The highest BCUT2D eigenvalue weighted by Crippen LogP contribution is 2.42. The minimum atomic E-state index is -4.68. The first kappa shape index (κ1) is 45.8. The molecule has 3 rings (SSSR count). The zero-order valence-corrected chi connectivity index (χ0v) is 32.2. The first-order chi connectivity index (χ1) is 26.0. The van der Waals surface area contributed by atoms with Crippen LogP contribution >= 0.6 is 0 Å². The van der Waals surface area contributed by atoms with Crippen LogP contribution in [0.2, 0.25) is 0 Å². The first-order valence-corrected chi connectivity index (χ1v) is 19.4. The predicted molar refractivity (Wildman–Crippen MR) is 198 cm³/mol. The van der Waals surface area contributed by atoms with E-state index in [4.69, 9.17) is 14.0 Å². The Morgan fingerprint density at radius 2 is 0.873 bits per heavy atom. The summed E-state index contributed by atoms with van der Waals surface area (Å²) in [5.74, 6) is -0.295. The van der Waals surface area contributed by atoms with Gasteiger partial charge in [-0.25, -0.2) is 0 Å². The molecule has 0 N–H and O–H groups in total. The Hall–Kier alpha value is -3.55. The van der Waals surface area contributed by atoms with E-state index in [9.17, 15) is 39.5 Å². The van der Waals surface area contributed by atoms with Gasteiger partial charge in [-0.05, 0) is 93.9 Å². The molecule has 0 heterocycles. The monoisotopic (exact) mass is 790 g/mol. The van der Waals surface area contributed by atoms with Crippen LogP contribution in [0, 0.1) is 0 Å². The third kappa shape index (κ3) is 14.2. The molecule has 0 aromatic heterocycles. The summed E-state index contributed by atoms with van der Waals surface area (Å²) in [6, 6.07) is 9.81. The maximum absolute atomic E-state index is 14.3. The molecule has 0 aliphatic heterocycles. The number of alkyl halides is 9. The van der Waals surface area contributed by atoms with E-state index in [2.05, 4.69) is 6.92 Å². The lowest BCUT2D eigenvalue weighted by molar-refractivity contribution is -0.953. The summed E-state index contributed by atoms with van der Waals surface area (Å²) in [5.41, 5.74) is -2.54. The molecular formula is C41H54BF9NO3+. The normalized spacial score (nSPS) is 13.1. The van der Waals surface area contributed by atoms with Crippen LogP contribution in [0.5, 0.6) is 17.2 Å². The second-order valence-electron chi connectivity index (χ2n) is 13.9. The maximum Gasteiger partial charge on any atom is 0.864 e. The van der Waals surface area contributed by atoms with E-state index >= 15 is 0 Å². The van der Waals surface area contributed by atoms with E-state index in [1.807, 2.05) is 20.8 Å². The van der Waals surface area contributed by atoms with Crippen molar-refractivity contribution in [2.24, 2.45) is 0 Å². The van der Waals surface area contributed by atoms with Crippen molar-refractivity contribution in [3.05, 3.63) is 89.0 Å². The Morgan fingerprint density at radius 3 is 1.25 bits per heavy atom. The van der Waals surface area contributed by atoms with Crippen molar-refractivity contribution in [1.82, 2.24) is 0 Å². The lowest BCUT2D eigenvalue weighted by Crippen LogP contribution is -2.50. The number of rotatable bonds is 23. The molecule has 306 valence electrons. The van der Waals surface area contributed by atoms with E-state index < -0.39 is 48.6 Å². The largest absolute Gasteiger partial charge is 0.864 e. The molecule has 14 heteroatoms. The van der Waals surface area contributed by atoms with Gasteiger partial charge in [-0.3, -0.25) is 0 Å². The van der Waals surface area contributed by atoms with Crippen LogP contribution in [0.4, 0.5) is 39.5 Å². The van der Waals surface area contributed by atoms with E-state index in [0.717, 1.165) is 92.8 Å². The van der Waals surface area contributed by atoms with Crippen LogP contribution in [-0.2, 0) is 18.5 Å². The van der Waals surface area contributed by atoms with Crippen molar-refractivity contribution < 1.29 is 58.0 Å². The van der Waals surface area contributed by atoms with E-state index in [-0.39, 0.29) is 22.8 Å². The maximum atomic E-state index is 14.3. The fraction of sp³-hybridized carbons (Fsp3) is 0.561. The zero-order chi connectivity index (χ0) is 40.7. The molecule has 0 radical (unpaired) electrons. The van der Waals surface area contributed by atoms with Gasteiger partial charge >= 0.3 is 25.9 Å². The Balaban J connectivity index is 1.97. The van der Waals surface area contributed by atoms with E-state index in [1.54, 1.807) is 0 Å². The molecule has 0 fully saturated rings. The van der Waals surface area contributed by atoms with E-state index in [1.165, 1.54) is 44.6 Å². The summed E-state index contributed by atoms with van der Waals surface area (Å²) in [4.78, 5) is 0. The number of hydrogen-bond donors (Lipinski definition) is 0. The molecule has 3 aromatic rings. The summed E-state index contributed by atoms with van der Waals surface area (Å²) < 4.78 is 141. The minimum absolute atomic E-state index is 0.0113. The summed E-state index contributed by atoms with van der Waals surface area (Å²) in [6.07, 6.45) is -1.16. The Labute approximate surface area is 320 Å². The molecule has 0 spiro atoms. The zero-order valence-electron chi connectivity index (χ0n) is 32.2. The molecule has 3 aromatic carbocycles. The number of quaternary nitrogens is 1. The second kappa shape index (κ2) is 21.1. The topological polar surface area (TPSA) is 27.7 Å². The van der Waals surface area contributed by atoms with Crippen molar-refractivity contribution in [3.63, 3.8) is 0 Å². The molecule has 55 heavy (non-hydrogen) atoms. The number of nitrogens with zero attached hydrogens (tertiary/aromatic N) is 1. The average molecular weight is 791 g/mol. The van der Waals surface area contributed by atoms with Crippen LogP contribution in [-0.4, -0.2) is 31.4 Å². The highest BCUT2D eigenvalue weighted by molar-refractivity contribution is 6.39. The van der Waals surface area contributed by atoms with E-state index in [0.29, 0.717) is 30.5 Å². The molecule has 1 atom stereocenters. The molecular weight excluding hydrogens is 736 g/mol. The summed E-state index contributed by atoms with van der Waals surface area (Å²) in [7, 11) is -1.82. The van der Waals surface area contributed by atoms with Gasteiger partial charge in [0.1, 0.15) is 23.3 Å². The third-order valence-electron chi connectivity index (χ3n) is 10.4. The quantitative estimate of drug-likeness (QED) is 0.0414. The Morgan fingerprint density at radius 1 is 0.491 bits per heavy atom. The van der Waals surface area contributed by atoms with Crippen LogP contribution < -0.4 is 14.0 Å². The van der Waals surface area contributed by atoms with Gasteiger partial charge in [-0.1, -0.05) is 71.1 Å². The van der Waals surface area contributed by atoms with Crippen LogP contribution in [0.1, 0.15) is 133 Å². The van der Waals surface area contributed by atoms with Crippen molar-refractivity contribution >= 4 is 7.32 Å². The molecule has 0 amide bonds. The van der Waals surface area contributed by atoms with Gasteiger partial charge in [0.15, 0.2) is 0 Å². The second-order valence-corrected chi connectivity index (χ2v) is 13.9. The molecule has 0 saturated heterocycles. The first-order valence-electron chi connectivity index (χ1n) is 19.4. The number of unbranched alkanes of at least 4 members (excludes halogenated alkanes) is 10. The SMILES string of the molecule is CCCCCCCCCCCCCC(c1cc(C(F)(F)F)ccc1OB(Oc1ccc(C(F)(F)F)cc1)Oc1ccc(C(F)(F)F)cc1)[N+](CC)(CC)CC.